The van der Waals surface area contributed by atoms with E-state index in [9.17, 15) is 13.2 Å². The third-order valence-corrected chi connectivity index (χ3v) is 6.47. The zero-order valence-corrected chi connectivity index (χ0v) is 13.7. The van der Waals surface area contributed by atoms with Crippen LogP contribution in [-0.2, 0) is 14.8 Å². The van der Waals surface area contributed by atoms with Crippen molar-refractivity contribution in [3.8, 4) is 0 Å². The first-order chi connectivity index (χ1) is 10.5. The summed E-state index contributed by atoms with van der Waals surface area (Å²) in [6, 6.07) is 10.5. The van der Waals surface area contributed by atoms with E-state index >= 15 is 0 Å². The van der Waals surface area contributed by atoms with E-state index in [1.807, 2.05) is 31.2 Å². The van der Waals surface area contributed by atoms with E-state index in [-0.39, 0.29) is 16.5 Å². The van der Waals surface area contributed by atoms with Crippen LogP contribution in [0.15, 0.2) is 46.0 Å². The van der Waals surface area contributed by atoms with Crippen molar-refractivity contribution in [3.63, 3.8) is 0 Å². The molecule has 116 valence electrons. The summed E-state index contributed by atoms with van der Waals surface area (Å²) in [6.07, 6.45) is 0.179. The average molecular weight is 336 g/mol. The zero-order valence-electron chi connectivity index (χ0n) is 12.0. The predicted molar refractivity (Wildman–Crippen MR) is 86.6 cm³/mol. The number of nitrogens with one attached hydrogen (secondary N) is 1. The van der Waals surface area contributed by atoms with Gasteiger partial charge in [-0.3, -0.25) is 4.79 Å². The van der Waals surface area contributed by atoms with Crippen molar-refractivity contribution in [1.82, 2.24) is 4.72 Å². The van der Waals surface area contributed by atoms with Gasteiger partial charge in [0, 0.05) is 24.7 Å². The molecule has 0 spiro atoms. The predicted octanol–water partition coefficient (Wildman–Crippen LogP) is 2.14. The van der Waals surface area contributed by atoms with Gasteiger partial charge in [-0.15, -0.1) is 11.3 Å². The summed E-state index contributed by atoms with van der Waals surface area (Å²) in [4.78, 5) is 13.8. The molecule has 1 atom stereocenters. The number of carbonyl (C=O) groups excluding carboxylic acids is 1. The Kier molecular flexibility index (Phi) is 4.03. The second-order valence-electron chi connectivity index (χ2n) is 5.29. The Morgan fingerprint density at radius 2 is 1.95 bits per heavy atom. The highest BCUT2D eigenvalue weighted by atomic mass is 32.2. The molecule has 2 heterocycles. The summed E-state index contributed by atoms with van der Waals surface area (Å²) in [5, 5.41) is 1.72. The number of sulfonamides is 1. The highest BCUT2D eigenvalue weighted by Gasteiger charge is 2.33. The number of hydrogen-bond donors (Lipinski definition) is 1. The summed E-state index contributed by atoms with van der Waals surface area (Å²) in [6.45, 7) is 2.33. The second kappa shape index (κ2) is 5.83. The van der Waals surface area contributed by atoms with Gasteiger partial charge < -0.3 is 4.90 Å². The molecule has 1 aliphatic heterocycles. The molecule has 0 aliphatic carbocycles. The van der Waals surface area contributed by atoms with Gasteiger partial charge in [-0.2, -0.15) is 0 Å². The Hall–Kier alpha value is -1.70. The third-order valence-electron chi connectivity index (χ3n) is 3.55. The molecule has 1 N–H and O–H groups in total. The number of benzene rings is 1. The molecule has 3 rings (SSSR count). The Labute approximate surface area is 133 Å². The molecule has 1 aromatic carbocycles. The molecular formula is C15H16N2O3S2. The van der Waals surface area contributed by atoms with Gasteiger partial charge in [-0.1, -0.05) is 23.8 Å². The average Bonchev–Trinajstić information content (AvgIpc) is 3.10. The molecule has 1 aromatic heterocycles. The largest absolute Gasteiger partial charge is 0.311 e. The summed E-state index contributed by atoms with van der Waals surface area (Å²) < 4.78 is 27.3. The van der Waals surface area contributed by atoms with Gasteiger partial charge in [0.25, 0.3) is 0 Å². The van der Waals surface area contributed by atoms with Crippen molar-refractivity contribution in [2.24, 2.45) is 0 Å². The molecule has 0 saturated carbocycles. The fourth-order valence-corrected chi connectivity index (χ4v) is 4.69. The van der Waals surface area contributed by atoms with Crippen LogP contribution in [0.2, 0.25) is 0 Å². The SMILES string of the molecule is Cc1ccc(N2C[C@H](NS(=O)(=O)c3cccs3)CC2=O)cc1. The lowest BCUT2D eigenvalue weighted by Gasteiger charge is -2.17. The molecule has 22 heavy (non-hydrogen) atoms. The van der Waals surface area contributed by atoms with E-state index in [0.29, 0.717) is 6.54 Å². The van der Waals surface area contributed by atoms with E-state index in [0.717, 1.165) is 22.6 Å². The van der Waals surface area contributed by atoms with E-state index in [1.165, 1.54) is 0 Å². The molecule has 7 heteroatoms. The maximum absolute atomic E-state index is 12.2. The minimum Gasteiger partial charge on any atom is -0.311 e. The van der Waals surface area contributed by atoms with Gasteiger partial charge in [0.2, 0.25) is 15.9 Å². The highest BCUT2D eigenvalue weighted by Crippen LogP contribution is 2.23. The number of rotatable bonds is 4. The molecule has 0 radical (unpaired) electrons. The van der Waals surface area contributed by atoms with Crippen molar-refractivity contribution in [1.29, 1.82) is 0 Å². The van der Waals surface area contributed by atoms with E-state index in [4.69, 9.17) is 0 Å². The van der Waals surface area contributed by atoms with E-state index in [1.54, 1.807) is 22.4 Å². The van der Waals surface area contributed by atoms with Gasteiger partial charge >= 0.3 is 0 Å². The number of amides is 1. The first-order valence-electron chi connectivity index (χ1n) is 6.88. The fraction of sp³-hybridized carbons (Fsp3) is 0.267. The summed E-state index contributed by atoms with van der Waals surface area (Å²) in [5.74, 6) is -0.0669. The summed E-state index contributed by atoms with van der Waals surface area (Å²) in [7, 11) is -3.55. The monoisotopic (exact) mass is 336 g/mol. The van der Waals surface area contributed by atoms with Gasteiger partial charge in [-0.25, -0.2) is 13.1 Å². The van der Waals surface area contributed by atoms with Crippen LogP contribution >= 0.6 is 11.3 Å². The van der Waals surface area contributed by atoms with Gasteiger partial charge in [0.15, 0.2) is 0 Å². The van der Waals surface area contributed by atoms with Crippen LogP contribution in [0.3, 0.4) is 0 Å². The van der Waals surface area contributed by atoms with Crippen molar-refractivity contribution in [2.45, 2.75) is 23.6 Å². The Morgan fingerprint density at radius 3 is 2.59 bits per heavy atom. The minimum atomic E-state index is -3.55. The van der Waals surface area contributed by atoms with Crippen molar-refractivity contribution >= 4 is 33.0 Å². The lowest BCUT2D eigenvalue weighted by Crippen LogP contribution is -2.36. The van der Waals surface area contributed by atoms with Crippen LogP contribution in [0.5, 0.6) is 0 Å². The quantitative estimate of drug-likeness (QED) is 0.930. The topological polar surface area (TPSA) is 66.5 Å². The first-order valence-corrected chi connectivity index (χ1v) is 9.25. The zero-order chi connectivity index (χ0) is 15.7. The highest BCUT2D eigenvalue weighted by molar-refractivity contribution is 7.91. The van der Waals surface area contributed by atoms with Crippen LogP contribution in [0.25, 0.3) is 0 Å². The number of anilines is 1. The minimum absolute atomic E-state index is 0.0669. The summed E-state index contributed by atoms with van der Waals surface area (Å²) >= 11 is 1.16. The molecule has 2 aromatic rings. The maximum Gasteiger partial charge on any atom is 0.250 e. The van der Waals surface area contributed by atoms with E-state index < -0.39 is 16.1 Å². The molecule has 1 fully saturated rings. The number of nitrogens with zero attached hydrogens (tertiary/aromatic N) is 1. The number of hydrogen-bond acceptors (Lipinski definition) is 4. The van der Waals surface area contributed by atoms with Gasteiger partial charge in [0.05, 0.1) is 0 Å². The maximum atomic E-state index is 12.2. The molecule has 1 aliphatic rings. The number of thiophene rings is 1. The lowest BCUT2D eigenvalue weighted by atomic mass is 10.2. The molecular weight excluding hydrogens is 320 g/mol. The number of carbonyl (C=O) groups is 1. The number of aryl methyl sites for hydroxylation is 1. The van der Waals surface area contributed by atoms with Crippen molar-refractivity contribution < 1.29 is 13.2 Å². The Bertz CT molecular complexity index is 768. The first kappa shape index (κ1) is 15.2. The van der Waals surface area contributed by atoms with Crippen LogP contribution in [0.1, 0.15) is 12.0 Å². The fourth-order valence-electron chi connectivity index (χ4n) is 2.45. The van der Waals surface area contributed by atoms with Crippen molar-refractivity contribution in [2.75, 3.05) is 11.4 Å². The lowest BCUT2D eigenvalue weighted by molar-refractivity contribution is -0.117. The van der Waals surface area contributed by atoms with Crippen LogP contribution in [0.4, 0.5) is 5.69 Å². The Balaban J connectivity index is 1.74. The second-order valence-corrected chi connectivity index (χ2v) is 8.18. The molecule has 0 unspecified atom stereocenters. The summed E-state index contributed by atoms with van der Waals surface area (Å²) in [5.41, 5.74) is 1.92. The smallest absolute Gasteiger partial charge is 0.250 e. The van der Waals surface area contributed by atoms with Crippen LogP contribution in [0, 0.1) is 6.92 Å². The van der Waals surface area contributed by atoms with Crippen LogP contribution < -0.4 is 9.62 Å². The van der Waals surface area contributed by atoms with E-state index in [2.05, 4.69) is 4.72 Å². The van der Waals surface area contributed by atoms with Crippen molar-refractivity contribution in [3.05, 3.63) is 47.3 Å². The molecule has 1 amide bonds. The van der Waals surface area contributed by atoms with Gasteiger partial charge in [0.1, 0.15) is 4.21 Å². The molecule has 1 saturated heterocycles. The molecule has 5 nitrogen and oxygen atoms in total. The third kappa shape index (κ3) is 3.06. The van der Waals surface area contributed by atoms with Gasteiger partial charge in [-0.05, 0) is 30.5 Å². The van der Waals surface area contributed by atoms with Crippen LogP contribution in [-0.4, -0.2) is 26.9 Å². The normalized spacial score (nSPS) is 18.9. The standard InChI is InChI=1S/C15H16N2O3S2/c1-11-4-6-13(7-5-11)17-10-12(9-14(17)18)16-22(19,20)15-3-2-8-21-15/h2-8,12,16H,9-10H2,1H3/t12-/m1/s1. The Morgan fingerprint density at radius 1 is 1.23 bits per heavy atom. The molecule has 0 bridgehead atoms.